The second-order valence-electron chi connectivity index (χ2n) is 6.96. The van der Waals surface area contributed by atoms with Crippen LogP contribution in [-0.4, -0.2) is 28.5 Å². The molecule has 0 aliphatic carbocycles. The van der Waals surface area contributed by atoms with Gasteiger partial charge in [-0.2, -0.15) is 0 Å². The molecule has 0 unspecified atom stereocenters. The standard InChI is InChI=1S/C23H23N3O2S/c1-3-28-18-11-9-16(10-12-18)14-26(2)15-21-24-22(27)19-13-20(29-23(19)25-21)17-7-5-4-6-8-17/h4-13H,3,14-15H2,1-2H3,(H,24,25,27). The first-order valence-electron chi connectivity index (χ1n) is 9.61. The maximum atomic E-state index is 12.6. The molecule has 0 spiro atoms. The molecule has 0 saturated carbocycles. The van der Waals surface area contributed by atoms with Crippen LogP contribution >= 0.6 is 11.3 Å². The highest BCUT2D eigenvalue weighted by atomic mass is 32.1. The van der Waals surface area contributed by atoms with Crippen molar-refractivity contribution in [3.8, 4) is 16.2 Å². The van der Waals surface area contributed by atoms with Crippen LogP contribution in [0.15, 0.2) is 65.5 Å². The number of aromatic amines is 1. The molecule has 0 atom stereocenters. The Morgan fingerprint density at radius 3 is 2.55 bits per heavy atom. The van der Waals surface area contributed by atoms with Crippen molar-refractivity contribution in [2.24, 2.45) is 0 Å². The van der Waals surface area contributed by atoms with Crippen LogP contribution in [0, 0.1) is 0 Å². The summed E-state index contributed by atoms with van der Waals surface area (Å²) in [4.78, 5) is 24.2. The van der Waals surface area contributed by atoms with Crippen LogP contribution in [0.2, 0.25) is 0 Å². The first kappa shape index (κ1) is 19.4. The van der Waals surface area contributed by atoms with E-state index < -0.39 is 0 Å². The largest absolute Gasteiger partial charge is 0.494 e. The van der Waals surface area contributed by atoms with E-state index in [2.05, 4.69) is 22.0 Å². The second kappa shape index (κ2) is 8.59. The molecule has 2 aromatic heterocycles. The highest BCUT2D eigenvalue weighted by molar-refractivity contribution is 7.21. The van der Waals surface area contributed by atoms with Gasteiger partial charge >= 0.3 is 0 Å². The Balaban J connectivity index is 1.51. The topological polar surface area (TPSA) is 58.2 Å². The van der Waals surface area contributed by atoms with Crippen molar-refractivity contribution in [3.63, 3.8) is 0 Å². The first-order chi connectivity index (χ1) is 14.1. The van der Waals surface area contributed by atoms with E-state index in [0.29, 0.717) is 24.4 Å². The van der Waals surface area contributed by atoms with Crippen molar-refractivity contribution in [1.29, 1.82) is 0 Å². The molecular weight excluding hydrogens is 382 g/mol. The van der Waals surface area contributed by atoms with E-state index in [4.69, 9.17) is 9.72 Å². The van der Waals surface area contributed by atoms with E-state index in [-0.39, 0.29) is 5.56 Å². The Morgan fingerprint density at radius 2 is 1.83 bits per heavy atom. The lowest BCUT2D eigenvalue weighted by molar-refractivity contribution is 0.310. The number of fused-ring (bicyclic) bond motifs is 1. The van der Waals surface area contributed by atoms with Crippen molar-refractivity contribution in [1.82, 2.24) is 14.9 Å². The summed E-state index contributed by atoms with van der Waals surface area (Å²) in [7, 11) is 2.02. The summed E-state index contributed by atoms with van der Waals surface area (Å²) in [5.74, 6) is 1.56. The van der Waals surface area contributed by atoms with Crippen LogP contribution in [0.25, 0.3) is 20.7 Å². The van der Waals surface area contributed by atoms with Gasteiger partial charge in [0, 0.05) is 11.4 Å². The molecule has 6 heteroatoms. The molecule has 4 rings (SSSR count). The third kappa shape index (κ3) is 4.55. The quantitative estimate of drug-likeness (QED) is 0.485. The SMILES string of the molecule is CCOc1ccc(CN(C)Cc2nc3sc(-c4ccccc4)cc3c(=O)[nH]2)cc1. The van der Waals surface area contributed by atoms with Gasteiger partial charge in [-0.3, -0.25) is 9.69 Å². The predicted molar refractivity (Wildman–Crippen MR) is 118 cm³/mol. The molecule has 0 amide bonds. The Bertz CT molecular complexity index is 1150. The molecule has 4 aromatic rings. The van der Waals surface area contributed by atoms with Crippen LogP contribution in [0.3, 0.4) is 0 Å². The molecule has 0 bridgehead atoms. The van der Waals surface area contributed by atoms with Crippen LogP contribution < -0.4 is 10.3 Å². The number of thiophene rings is 1. The van der Waals surface area contributed by atoms with Gasteiger partial charge in [0.1, 0.15) is 16.4 Å². The summed E-state index contributed by atoms with van der Waals surface area (Å²) < 4.78 is 5.49. The number of H-pyrrole nitrogens is 1. The maximum absolute atomic E-state index is 12.6. The van der Waals surface area contributed by atoms with Gasteiger partial charge in [-0.25, -0.2) is 4.98 Å². The maximum Gasteiger partial charge on any atom is 0.259 e. The fourth-order valence-electron chi connectivity index (χ4n) is 3.28. The predicted octanol–water partition coefficient (Wildman–Crippen LogP) is 4.68. The minimum absolute atomic E-state index is 0.0853. The normalized spacial score (nSPS) is 11.3. The summed E-state index contributed by atoms with van der Waals surface area (Å²) in [6, 6.07) is 20.1. The van der Waals surface area contributed by atoms with Gasteiger partial charge in [0.25, 0.3) is 5.56 Å². The van der Waals surface area contributed by atoms with Crippen molar-refractivity contribution in [2.45, 2.75) is 20.0 Å². The zero-order chi connectivity index (χ0) is 20.2. The van der Waals surface area contributed by atoms with Gasteiger partial charge in [0.15, 0.2) is 0 Å². The molecule has 1 N–H and O–H groups in total. The van der Waals surface area contributed by atoms with E-state index in [1.54, 1.807) is 11.3 Å². The average molecular weight is 406 g/mol. The van der Waals surface area contributed by atoms with Gasteiger partial charge in [-0.1, -0.05) is 42.5 Å². The second-order valence-corrected chi connectivity index (χ2v) is 7.99. The summed E-state index contributed by atoms with van der Waals surface area (Å²) in [6.07, 6.45) is 0. The van der Waals surface area contributed by atoms with Gasteiger partial charge in [-0.15, -0.1) is 11.3 Å². The van der Waals surface area contributed by atoms with E-state index >= 15 is 0 Å². The van der Waals surface area contributed by atoms with Gasteiger partial charge < -0.3 is 9.72 Å². The van der Waals surface area contributed by atoms with Crippen LogP contribution in [0.5, 0.6) is 5.75 Å². The Hall–Kier alpha value is -2.96. The van der Waals surface area contributed by atoms with Crippen molar-refractivity contribution in [3.05, 3.63) is 82.4 Å². The van der Waals surface area contributed by atoms with E-state index in [1.807, 2.05) is 62.5 Å². The molecule has 0 radical (unpaired) electrons. The number of rotatable bonds is 7. The van der Waals surface area contributed by atoms with Crippen molar-refractivity contribution < 1.29 is 4.74 Å². The zero-order valence-corrected chi connectivity index (χ0v) is 17.3. The molecule has 0 fully saturated rings. The minimum Gasteiger partial charge on any atom is -0.494 e. The summed E-state index contributed by atoms with van der Waals surface area (Å²) in [6.45, 7) is 3.96. The average Bonchev–Trinajstić information content (AvgIpc) is 3.15. The number of nitrogens with one attached hydrogen (secondary N) is 1. The van der Waals surface area contributed by atoms with Crippen LogP contribution in [0.4, 0.5) is 0 Å². The molecule has 5 nitrogen and oxygen atoms in total. The fourth-order valence-corrected chi connectivity index (χ4v) is 4.33. The summed E-state index contributed by atoms with van der Waals surface area (Å²) in [5, 5.41) is 0.645. The number of hydrogen-bond acceptors (Lipinski definition) is 5. The fraction of sp³-hybridized carbons (Fsp3) is 0.217. The lowest BCUT2D eigenvalue weighted by atomic mass is 10.2. The summed E-state index contributed by atoms with van der Waals surface area (Å²) >= 11 is 1.55. The molecule has 29 heavy (non-hydrogen) atoms. The highest BCUT2D eigenvalue weighted by Crippen LogP contribution is 2.30. The van der Waals surface area contributed by atoms with E-state index in [0.717, 1.165) is 27.6 Å². The van der Waals surface area contributed by atoms with Gasteiger partial charge in [-0.05, 0) is 43.3 Å². The molecule has 0 aliphatic rings. The minimum atomic E-state index is -0.0853. The molecule has 2 aromatic carbocycles. The zero-order valence-electron chi connectivity index (χ0n) is 16.5. The van der Waals surface area contributed by atoms with E-state index in [1.165, 1.54) is 5.56 Å². The lowest BCUT2D eigenvalue weighted by Crippen LogP contribution is -2.21. The lowest BCUT2D eigenvalue weighted by Gasteiger charge is -2.16. The molecule has 2 heterocycles. The van der Waals surface area contributed by atoms with Crippen molar-refractivity contribution >= 4 is 21.6 Å². The van der Waals surface area contributed by atoms with E-state index in [9.17, 15) is 4.79 Å². The molecule has 148 valence electrons. The Labute approximate surface area is 173 Å². The highest BCUT2D eigenvalue weighted by Gasteiger charge is 2.11. The first-order valence-corrected chi connectivity index (χ1v) is 10.4. The molecule has 0 aliphatic heterocycles. The van der Waals surface area contributed by atoms with Gasteiger partial charge in [0.2, 0.25) is 0 Å². The third-order valence-electron chi connectivity index (χ3n) is 4.62. The number of nitrogens with zero attached hydrogens (tertiary/aromatic N) is 2. The van der Waals surface area contributed by atoms with Crippen LogP contribution in [0.1, 0.15) is 18.3 Å². The number of ether oxygens (including phenoxy) is 1. The molecule has 0 saturated heterocycles. The molecular formula is C23H23N3O2S. The summed E-state index contributed by atoms with van der Waals surface area (Å²) in [5.41, 5.74) is 2.20. The monoisotopic (exact) mass is 405 g/mol. The Morgan fingerprint density at radius 1 is 1.07 bits per heavy atom. The van der Waals surface area contributed by atoms with Crippen LogP contribution in [-0.2, 0) is 13.1 Å². The number of aromatic nitrogens is 2. The smallest absolute Gasteiger partial charge is 0.259 e. The number of benzene rings is 2. The number of hydrogen-bond donors (Lipinski definition) is 1. The van der Waals surface area contributed by atoms with Crippen molar-refractivity contribution in [2.75, 3.05) is 13.7 Å². The van der Waals surface area contributed by atoms with Gasteiger partial charge in [0.05, 0.1) is 18.5 Å². The Kier molecular flexibility index (Phi) is 5.74. The third-order valence-corrected chi connectivity index (χ3v) is 5.69.